The van der Waals surface area contributed by atoms with Gasteiger partial charge in [-0.2, -0.15) is 0 Å². The van der Waals surface area contributed by atoms with E-state index in [9.17, 15) is 0 Å². The second kappa shape index (κ2) is 18.9. The summed E-state index contributed by atoms with van der Waals surface area (Å²) in [5, 5.41) is 0. The van der Waals surface area contributed by atoms with Gasteiger partial charge in [0.2, 0.25) is 0 Å². The highest BCUT2D eigenvalue weighted by Crippen LogP contribution is 2.08. The Morgan fingerprint density at radius 3 is 1.50 bits per heavy atom. The first-order valence-corrected chi connectivity index (χ1v) is 11.4. The van der Waals surface area contributed by atoms with Crippen molar-refractivity contribution in [1.29, 1.82) is 0 Å². The van der Waals surface area contributed by atoms with Gasteiger partial charge in [-0.15, -0.1) is 6.58 Å². The molecule has 0 amide bonds. The molecule has 0 aromatic heterocycles. The molecule has 0 saturated carbocycles. The summed E-state index contributed by atoms with van der Waals surface area (Å²) in [6.07, 6.45) is 17.7. The zero-order valence-corrected chi connectivity index (χ0v) is 16.4. The van der Waals surface area contributed by atoms with E-state index >= 15 is 0 Å². The lowest BCUT2D eigenvalue weighted by Gasteiger charge is -2.15. The highest BCUT2D eigenvalue weighted by Gasteiger charge is 2.10. The second-order valence-electron chi connectivity index (χ2n) is 6.23. The molecule has 0 aliphatic heterocycles. The van der Waals surface area contributed by atoms with Gasteiger partial charge in [0.1, 0.15) is 0 Å². The molecule has 3 heteroatoms. The summed E-state index contributed by atoms with van der Waals surface area (Å²) in [7, 11) is -1.48. The van der Waals surface area contributed by atoms with Crippen LogP contribution in [0.1, 0.15) is 90.9 Å². The van der Waals surface area contributed by atoms with Gasteiger partial charge in [0.25, 0.3) is 0 Å². The molecule has 0 unspecified atom stereocenters. The highest BCUT2D eigenvalue weighted by atomic mass is 28.3. The molecule has 0 aliphatic carbocycles. The third kappa shape index (κ3) is 16.3. The maximum absolute atomic E-state index is 5.98. The van der Waals surface area contributed by atoms with Crippen LogP contribution in [0.4, 0.5) is 0 Å². The third-order valence-electron chi connectivity index (χ3n) is 3.96. The first-order chi connectivity index (χ1) is 10.8. The molecule has 0 bridgehead atoms. The molecule has 132 valence electrons. The van der Waals surface area contributed by atoms with Crippen LogP contribution in [0.2, 0.25) is 6.04 Å². The molecule has 0 heterocycles. The normalized spacial score (nSPS) is 11.2. The number of allylic oxidation sites excluding steroid dienone is 1. The number of unbranched alkanes of at least 4 members (excludes halogenated alkanes) is 10. The van der Waals surface area contributed by atoms with Gasteiger partial charge < -0.3 is 8.85 Å². The average molecular weight is 329 g/mol. The van der Waals surface area contributed by atoms with E-state index in [1.807, 2.05) is 6.08 Å². The van der Waals surface area contributed by atoms with Crippen molar-refractivity contribution >= 4 is 9.28 Å². The predicted octanol–water partition coefficient (Wildman–Crippen LogP) is 6.15. The smallest absolute Gasteiger partial charge is 0.325 e. The van der Waals surface area contributed by atoms with Crippen LogP contribution in [0, 0.1) is 0 Å². The maximum Gasteiger partial charge on any atom is 0.325 e. The van der Waals surface area contributed by atoms with Crippen molar-refractivity contribution < 1.29 is 8.85 Å². The summed E-state index contributed by atoms with van der Waals surface area (Å²) in [6.45, 7) is 10.1. The van der Waals surface area contributed by atoms with Crippen LogP contribution >= 0.6 is 0 Å². The van der Waals surface area contributed by atoms with Crippen molar-refractivity contribution in [3.05, 3.63) is 12.7 Å². The molecule has 0 aromatic rings. The van der Waals surface area contributed by atoms with Gasteiger partial charge in [0.05, 0.1) is 0 Å². The summed E-state index contributed by atoms with van der Waals surface area (Å²) in [5.41, 5.74) is 0. The lowest BCUT2D eigenvalue weighted by atomic mass is 10.1. The van der Waals surface area contributed by atoms with E-state index in [0.717, 1.165) is 19.3 Å². The standard InChI is InChI=1S/C19H40O2Si/c1-4-7-9-11-13-15-17-20-22(19-6-3)21-18-16-14-12-10-8-5-2/h6,22H,3-5,7-19H2,1-2H3. The van der Waals surface area contributed by atoms with Crippen LogP contribution in [0.3, 0.4) is 0 Å². The largest absolute Gasteiger partial charge is 0.396 e. The monoisotopic (exact) mass is 328 g/mol. The first kappa shape index (κ1) is 21.9. The van der Waals surface area contributed by atoms with E-state index in [-0.39, 0.29) is 0 Å². The van der Waals surface area contributed by atoms with Gasteiger partial charge in [0, 0.05) is 19.3 Å². The minimum absolute atomic E-state index is 0.882. The quantitative estimate of drug-likeness (QED) is 0.171. The molecule has 2 nitrogen and oxygen atoms in total. The molecular weight excluding hydrogens is 288 g/mol. The van der Waals surface area contributed by atoms with E-state index in [1.165, 1.54) is 77.0 Å². The summed E-state index contributed by atoms with van der Waals surface area (Å²) in [6, 6.07) is 0.936. The van der Waals surface area contributed by atoms with Crippen LogP contribution in [0.25, 0.3) is 0 Å². The minimum Gasteiger partial charge on any atom is -0.396 e. The van der Waals surface area contributed by atoms with Gasteiger partial charge in [-0.1, -0.05) is 84.1 Å². The van der Waals surface area contributed by atoms with E-state index in [2.05, 4.69) is 20.4 Å². The maximum atomic E-state index is 5.98. The molecule has 0 aromatic carbocycles. The Hall–Kier alpha value is -0.123. The zero-order valence-electron chi connectivity index (χ0n) is 15.3. The molecule has 0 rings (SSSR count). The molecule has 0 spiro atoms. The van der Waals surface area contributed by atoms with E-state index in [1.54, 1.807) is 0 Å². The topological polar surface area (TPSA) is 18.5 Å². The third-order valence-corrected chi connectivity index (χ3v) is 5.90. The Labute approximate surface area is 141 Å². The Kier molecular flexibility index (Phi) is 18.8. The van der Waals surface area contributed by atoms with Crippen LogP contribution < -0.4 is 0 Å². The highest BCUT2D eigenvalue weighted by molar-refractivity contribution is 6.44. The Balaban J connectivity index is 3.46. The van der Waals surface area contributed by atoms with Gasteiger partial charge in [0.15, 0.2) is 0 Å². The zero-order chi connectivity index (χ0) is 16.3. The molecule has 0 radical (unpaired) electrons. The van der Waals surface area contributed by atoms with Crippen LogP contribution in [0.15, 0.2) is 12.7 Å². The Bertz CT molecular complexity index is 203. The van der Waals surface area contributed by atoms with Crippen molar-refractivity contribution in [3.63, 3.8) is 0 Å². The molecular formula is C19H40O2Si. The number of hydrogen-bond donors (Lipinski definition) is 0. The fraction of sp³-hybridized carbons (Fsp3) is 0.895. The fourth-order valence-corrected chi connectivity index (χ4v) is 4.01. The molecule has 0 atom stereocenters. The van der Waals surface area contributed by atoms with Crippen LogP contribution in [-0.2, 0) is 8.85 Å². The molecule has 22 heavy (non-hydrogen) atoms. The fourth-order valence-electron chi connectivity index (χ4n) is 2.51. The van der Waals surface area contributed by atoms with E-state index in [0.29, 0.717) is 0 Å². The molecule has 0 fully saturated rings. The van der Waals surface area contributed by atoms with Crippen molar-refractivity contribution in [2.75, 3.05) is 13.2 Å². The van der Waals surface area contributed by atoms with E-state index < -0.39 is 9.28 Å². The number of rotatable bonds is 18. The summed E-state index contributed by atoms with van der Waals surface area (Å²) in [5.74, 6) is 0. The van der Waals surface area contributed by atoms with Crippen molar-refractivity contribution in [1.82, 2.24) is 0 Å². The Morgan fingerprint density at radius 1 is 0.682 bits per heavy atom. The van der Waals surface area contributed by atoms with Gasteiger partial charge >= 0.3 is 9.28 Å². The van der Waals surface area contributed by atoms with Crippen LogP contribution in [0.5, 0.6) is 0 Å². The molecule has 0 N–H and O–H groups in total. The summed E-state index contributed by atoms with van der Waals surface area (Å²) >= 11 is 0. The Morgan fingerprint density at radius 2 is 1.09 bits per heavy atom. The average Bonchev–Trinajstić information content (AvgIpc) is 2.53. The summed E-state index contributed by atoms with van der Waals surface area (Å²) < 4.78 is 12.0. The summed E-state index contributed by atoms with van der Waals surface area (Å²) in [4.78, 5) is 0. The van der Waals surface area contributed by atoms with Gasteiger partial charge in [-0.25, -0.2) is 0 Å². The van der Waals surface area contributed by atoms with Crippen molar-refractivity contribution in [2.45, 2.75) is 96.9 Å². The van der Waals surface area contributed by atoms with Gasteiger partial charge in [-0.05, 0) is 12.8 Å². The van der Waals surface area contributed by atoms with Crippen molar-refractivity contribution in [2.24, 2.45) is 0 Å². The minimum atomic E-state index is -1.48. The first-order valence-electron chi connectivity index (χ1n) is 9.69. The van der Waals surface area contributed by atoms with Gasteiger partial charge in [-0.3, -0.25) is 0 Å². The molecule has 0 saturated heterocycles. The SMILES string of the molecule is C=CC[SiH](OCCCCCCCC)OCCCCCCCC. The lowest BCUT2D eigenvalue weighted by molar-refractivity contribution is 0.191. The van der Waals surface area contributed by atoms with Crippen LogP contribution in [-0.4, -0.2) is 22.5 Å². The number of hydrogen-bond acceptors (Lipinski definition) is 2. The lowest BCUT2D eigenvalue weighted by Crippen LogP contribution is -2.23. The molecule has 0 aliphatic rings. The van der Waals surface area contributed by atoms with E-state index in [4.69, 9.17) is 8.85 Å². The van der Waals surface area contributed by atoms with Crippen molar-refractivity contribution in [3.8, 4) is 0 Å². The predicted molar refractivity (Wildman–Crippen MR) is 101 cm³/mol. The second-order valence-corrected chi connectivity index (χ2v) is 8.23.